The Labute approximate surface area is 93.3 Å². The molecular weight excluding hydrogens is 206 g/mol. The first-order chi connectivity index (χ1) is 7.27. The molecule has 0 aliphatic rings. The van der Waals surface area contributed by atoms with Crippen LogP contribution in [0.5, 0.6) is 0 Å². The van der Waals surface area contributed by atoms with Crippen molar-refractivity contribution in [3.05, 3.63) is 41.6 Å². The normalized spacial score (nSPS) is 12.4. The van der Waals surface area contributed by atoms with Gasteiger partial charge in [0.2, 0.25) is 0 Å². The van der Waals surface area contributed by atoms with E-state index in [0.29, 0.717) is 0 Å². The third kappa shape index (κ3) is 2.33. The Hall–Kier alpha value is -1.42. The van der Waals surface area contributed by atoms with E-state index in [4.69, 9.17) is 0 Å². The van der Waals surface area contributed by atoms with Crippen LogP contribution in [0.4, 0.5) is 5.00 Å². The maximum Gasteiger partial charge on any atom is 0.130 e. The fraction of sp³-hybridized carbons (Fsp3) is 0.273. The number of hydrogen-bond acceptors (Lipinski definition) is 4. The molecule has 0 spiro atoms. The summed E-state index contributed by atoms with van der Waals surface area (Å²) in [5.74, 6) is 0. The molecule has 2 rings (SSSR count). The lowest BCUT2D eigenvalue weighted by atomic mass is 10.0. The van der Waals surface area contributed by atoms with Crippen molar-refractivity contribution in [3.8, 4) is 0 Å². The summed E-state index contributed by atoms with van der Waals surface area (Å²) in [7, 11) is 0. The number of benzene rings is 1. The molecule has 0 aliphatic heterocycles. The smallest absolute Gasteiger partial charge is 0.130 e. The molecule has 1 unspecified atom stereocenters. The maximum absolute atomic E-state index is 3.82. The highest BCUT2D eigenvalue weighted by Crippen LogP contribution is 2.22. The van der Waals surface area contributed by atoms with Crippen molar-refractivity contribution in [2.24, 2.45) is 0 Å². The number of anilines is 1. The third-order valence-corrected chi connectivity index (χ3v) is 2.97. The minimum atomic E-state index is 0.286. The second-order valence-electron chi connectivity index (χ2n) is 3.50. The molecule has 3 nitrogen and oxygen atoms in total. The summed E-state index contributed by atoms with van der Waals surface area (Å²) in [4.78, 5) is 0. The van der Waals surface area contributed by atoms with E-state index < -0.39 is 0 Å². The van der Waals surface area contributed by atoms with Crippen LogP contribution in [0, 0.1) is 6.92 Å². The van der Waals surface area contributed by atoms with E-state index in [1.54, 1.807) is 6.20 Å². The molecular formula is C11H13N3S. The molecule has 1 N–H and O–H groups in total. The Bertz CT molecular complexity index is 425. The molecule has 0 aliphatic carbocycles. The van der Waals surface area contributed by atoms with Crippen molar-refractivity contribution in [2.75, 3.05) is 5.32 Å². The van der Waals surface area contributed by atoms with E-state index in [-0.39, 0.29) is 6.04 Å². The van der Waals surface area contributed by atoms with Crippen LogP contribution in [0.15, 0.2) is 30.5 Å². The summed E-state index contributed by atoms with van der Waals surface area (Å²) in [6, 6.07) is 8.67. The predicted molar refractivity (Wildman–Crippen MR) is 63.1 cm³/mol. The zero-order valence-electron chi connectivity index (χ0n) is 8.77. The van der Waals surface area contributed by atoms with Crippen molar-refractivity contribution >= 4 is 16.5 Å². The molecule has 4 heteroatoms. The van der Waals surface area contributed by atoms with Gasteiger partial charge in [0.25, 0.3) is 0 Å². The first kappa shape index (κ1) is 10.1. The minimum absolute atomic E-state index is 0.286. The van der Waals surface area contributed by atoms with Crippen LogP contribution in [0.3, 0.4) is 0 Å². The highest BCUT2D eigenvalue weighted by atomic mass is 32.1. The second kappa shape index (κ2) is 4.40. The topological polar surface area (TPSA) is 37.8 Å². The van der Waals surface area contributed by atoms with E-state index >= 15 is 0 Å². The number of rotatable bonds is 3. The summed E-state index contributed by atoms with van der Waals surface area (Å²) in [6.45, 7) is 4.26. The fourth-order valence-electron chi connectivity index (χ4n) is 1.59. The molecule has 0 radical (unpaired) electrons. The van der Waals surface area contributed by atoms with Gasteiger partial charge < -0.3 is 5.32 Å². The molecule has 1 aromatic carbocycles. The molecule has 78 valence electrons. The average molecular weight is 219 g/mol. The summed E-state index contributed by atoms with van der Waals surface area (Å²) in [6.07, 6.45) is 1.75. The largest absolute Gasteiger partial charge is 0.368 e. The quantitative estimate of drug-likeness (QED) is 0.862. The lowest BCUT2D eigenvalue weighted by Crippen LogP contribution is -2.06. The Balaban J connectivity index is 2.15. The molecule has 0 bridgehead atoms. The average Bonchev–Trinajstić information content (AvgIpc) is 2.71. The monoisotopic (exact) mass is 219 g/mol. The van der Waals surface area contributed by atoms with Gasteiger partial charge in [0.15, 0.2) is 0 Å². The van der Waals surface area contributed by atoms with E-state index in [2.05, 4.69) is 53.0 Å². The molecule has 1 heterocycles. The Morgan fingerprint density at radius 3 is 2.80 bits per heavy atom. The van der Waals surface area contributed by atoms with Gasteiger partial charge in [-0.2, -0.15) is 0 Å². The molecule has 0 saturated heterocycles. The van der Waals surface area contributed by atoms with Crippen molar-refractivity contribution in [1.82, 2.24) is 9.59 Å². The second-order valence-corrected chi connectivity index (χ2v) is 4.29. The van der Waals surface area contributed by atoms with Crippen LogP contribution in [0.2, 0.25) is 0 Å². The zero-order chi connectivity index (χ0) is 10.7. The Morgan fingerprint density at radius 1 is 1.33 bits per heavy atom. The van der Waals surface area contributed by atoms with Crippen LogP contribution in [0.25, 0.3) is 0 Å². The van der Waals surface area contributed by atoms with Gasteiger partial charge in [0, 0.05) is 17.6 Å². The van der Waals surface area contributed by atoms with Crippen molar-refractivity contribution in [1.29, 1.82) is 0 Å². The molecule has 1 aromatic heterocycles. The summed E-state index contributed by atoms with van der Waals surface area (Å²) >= 11 is 1.38. The van der Waals surface area contributed by atoms with Gasteiger partial charge >= 0.3 is 0 Å². The van der Waals surface area contributed by atoms with Gasteiger partial charge in [-0.3, -0.25) is 0 Å². The third-order valence-electron chi connectivity index (χ3n) is 2.38. The first-order valence-corrected chi connectivity index (χ1v) is 5.64. The standard InChI is InChI=1S/C11H13N3S/c1-8-5-3-4-6-10(8)9(2)13-11-7-12-14-15-11/h3-7,9,13H,1-2H3. The Morgan fingerprint density at radius 2 is 2.13 bits per heavy atom. The number of aromatic nitrogens is 2. The van der Waals surface area contributed by atoms with Gasteiger partial charge in [-0.05, 0) is 25.0 Å². The van der Waals surface area contributed by atoms with Crippen LogP contribution in [-0.2, 0) is 0 Å². The van der Waals surface area contributed by atoms with Crippen LogP contribution >= 0.6 is 11.5 Å². The van der Waals surface area contributed by atoms with E-state index in [1.165, 1.54) is 22.7 Å². The number of aryl methyl sites for hydroxylation is 1. The molecule has 15 heavy (non-hydrogen) atoms. The molecule has 0 amide bonds. The molecule has 0 saturated carbocycles. The Kier molecular flexibility index (Phi) is 2.97. The number of nitrogens with zero attached hydrogens (tertiary/aromatic N) is 2. The molecule has 0 fully saturated rings. The SMILES string of the molecule is Cc1ccccc1C(C)Nc1cnns1. The number of nitrogens with one attached hydrogen (secondary N) is 1. The van der Waals surface area contributed by atoms with Crippen LogP contribution < -0.4 is 5.32 Å². The predicted octanol–water partition coefficient (Wildman–Crippen LogP) is 3.02. The zero-order valence-corrected chi connectivity index (χ0v) is 9.58. The number of hydrogen-bond donors (Lipinski definition) is 1. The summed E-state index contributed by atoms with van der Waals surface area (Å²) in [5.41, 5.74) is 2.61. The van der Waals surface area contributed by atoms with Crippen LogP contribution in [-0.4, -0.2) is 9.59 Å². The van der Waals surface area contributed by atoms with Crippen molar-refractivity contribution in [2.45, 2.75) is 19.9 Å². The lowest BCUT2D eigenvalue weighted by molar-refractivity contribution is 0.877. The fourth-order valence-corrected chi connectivity index (χ4v) is 2.10. The highest BCUT2D eigenvalue weighted by molar-refractivity contribution is 7.09. The van der Waals surface area contributed by atoms with Crippen molar-refractivity contribution in [3.63, 3.8) is 0 Å². The first-order valence-electron chi connectivity index (χ1n) is 4.87. The van der Waals surface area contributed by atoms with Gasteiger partial charge in [-0.25, -0.2) is 0 Å². The highest BCUT2D eigenvalue weighted by Gasteiger charge is 2.08. The van der Waals surface area contributed by atoms with Gasteiger partial charge in [0.1, 0.15) is 5.00 Å². The van der Waals surface area contributed by atoms with Gasteiger partial charge in [-0.15, -0.1) is 5.10 Å². The summed E-state index contributed by atoms with van der Waals surface area (Å²) in [5, 5.41) is 8.18. The molecule has 2 aromatic rings. The van der Waals surface area contributed by atoms with E-state index in [9.17, 15) is 0 Å². The lowest BCUT2D eigenvalue weighted by Gasteiger charge is -2.15. The van der Waals surface area contributed by atoms with Crippen LogP contribution in [0.1, 0.15) is 24.1 Å². The van der Waals surface area contributed by atoms with Crippen molar-refractivity contribution < 1.29 is 0 Å². The van der Waals surface area contributed by atoms with Gasteiger partial charge in [-0.1, -0.05) is 28.8 Å². The summed E-state index contributed by atoms with van der Waals surface area (Å²) < 4.78 is 3.82. The molecule has 1 atom stereocenters. The van der Waals surface area contributed by atoms with Gasteiger partial charge in [0.05, 0.1) is 6.20 Å². The maximum atomic E-state index is 3.82. The van der Waals surface area contributed by atoms with E-state index in [1.807, 2.05) is 0 Å². The minimum Gasteiger partial charge on any atom is -0.368 e. The van der Waals surface area contributed by atoms with E-state index in [0.717, 1.165) is 5.00 Å².